The highest BCUT2D eigenvalue weighted by atomic mass is 19.1. The zero-order valence-electron chi connectivity index (χ0n) is 12.3. The number of benzene rings is 1. The van der Waals surface area contributed by atoms with Gasteiger partial charge in [0, 0.05) is 13.0 Å². The number of amides is 2. The van der Waals surface area contributed by atoms with E-state index in [1.165, 1.54) is 6.07 Å². The first kappa shape index (κ1) is 14.0. The summed E-state index contributed by atoms with van der Waals surface area (Å²) in [6.07, 6.45) is 2.12. The molecule has 0 aromatic heterocycles. The monoisotopic (exact) mass is 306 g/mol. The third-order valence-corrected chi connectivity index (χ3v) is 4.81. The third kappa shape index (κ3) is 2.27. The molecular formula is C16H19FN2O3. The van der Waals surface area contributed by atoms with Crippen molar-refractivity contribution in [3.63, 3.8) is 0 Å². The number of halogens is 1. The Bertz CT molecular complexity index is 601. The first-order valence-corrected chi connectivity index (χ1v) is 7.78. The summed E-state index contributed by atoms with van der Waals surface area (Å²) in [6, 6.07) is 4.83. The van der Waals surface area contributed by atoms with Crippen molar-refractivity contribution in [3.05, 3.63) is 35.1 Å². The highest BCUT2D eigenvalue weighted by molar-refractivity contribution is 5.75. The Morgan fingerprint density at radius 3 is 3.00 bits per heavy atom. The second-order valence-corrected chi connectivity index (χ2v) is 6.13. The number of nitrogens with one attached hydrogen (secondary N) is 1. The lowest BCUT2D eigenvalue weighted by molar-refractivity contribution is -0.143. The van der Waals surface area contributed by atoms with Crippen LogP contribution in [0.3, 0.4) is 0 Å². The van der Waals surface area contributed by atoms with E-state index in [2.05, 4.69) is 5.32 Å². The van der Waals surface area contributed by atoms with Gasteiger partial charge in [-0.1, -0.05) is 12.1 Å². The molecule has 4 rings (SSSR count). The van der Waals surface area contributed by atoms with Gasteiger partial charge in [0.25, 0.3) is 0 Å². The molecule has 1 aliphatic carbocycles. The van der Waals surface area contributed by atoms with Gasteiger partial charge in [0.15, 0.2) is 5.79 Å². The number of ether oxygens (including phenoxy) is 2. The first-order valence-electron chi connectivity index (χ1n) is 7.78. The fourth-order valence-corrected chi connectivity index (χ4v) is 3.66. The normalized spacial score (nSPS) is 25.7. The lowest BCUT2D eigenvalue weighted by Crippen LogP contribution is -2.43. The van der Waals surface area contributed by atoms with Crippen LogP contribution in [0.25, 0.3) is 0 Å². The van der Waals surface area contributed by atoms with E-state index < -0.39 is 5.79 Å². The van der Waals surface area contributed by atoms with Crippen LogP contribution in [0.4, 0.5) is 9.18 Å². The maximum Gasteiger partial charge on any atom is 0.318 e. The van der Waals surface area contributed by atoms with Gasteiger partial charge in [0.2, 0.25) is 0 Å². The standard InChI is InChI=1S/C16H19FN2O3/c17-13-3-1-2-12-11(13)4-5-14(12)18-15(20)19-7-6-16(10-19)21-8-9-22-16/h1-3,14H,4-10H2,(H,18,20). The summed E-state index contributed by atoms with van der Waals surface area (Å²) in [5.74, 6) is -0.779. The third-order valence-electron chi connectivity index (χ3n) is 4.81. The van der Waals surface area contributed by atoms with Crippen LogP contribution in [0.15, 0.2) is 18.2 Å². The Morgan fingerprint density at radius 2 is 2.18 bits per heavy atom. The number of rotatable bonds is 1. The van der Waals surface area contributed by atoms with Gasteiger partial charge in [0.1, 0.15) is 5.82 Å². The molecule has 1 aromatic rings. The number of fused-ring (bicyclic) bond motifs is 1. The van der Waals surface area contributed by atoms with Crippen molar-refractivity contribution in [2.45, 2.75) is 31.1 Å². The Kier molecular flexibility index (Phi) is 3.31. The lowest BCUT2D eigenvalue weighted by atomic mass is 10.1. The van der Waals surface area contributed by atoms with Crippen LogP contribution in [0, 0.1) is 5.82 Å². The summed E-state index contributed by atoms with van der Waals surface area (Å²) in [4.78, 5) is 14.2. The van der Waals surface area contributed by atoms with Crippen LogP contribution in [-0.2, 0) is 15.9 Å². The molecule has 2 heterocycles. The molecule has 0 radical (unpaired) electrons. The molecule has 5 nitrogen and oxygen atoms in total. The van der Waals surface area contributed by atoms with Gasteiger partial charge >= 0.3 is 6.03 Å². The lowest BCUT2D eigenvalue weighted by Gasteiger charge is -2.24. The Hall–Kier alpha value is -1.66. The summed E-state index contributed by atoms with van der Waals surface area (Å²) in [7, 11) is 0. The molecule has 3 aliphatic rings. The smallest absolute Gasteiger partial charge is 0.318 e. The molecule has 1 aromatic carbocycles. The predicted molar refractivity (Wildman–Crippen MR) is 76.8 cm³/mol. The number of nitrogens with zero attached hydrogens (tertiary/aromatic N) is 1. The van der Waals surface area contributed by atoms with Gasteiger partial charge in [0.05, 0.1) is 25.8 Å². The zero-order valence-corrected chi connectivity index (χ0v) is 12.3. The number of hydrogen-bond acceptors (Lipinski definition) is 3. The average Bonchev–Trinajstić information content (AvgIpc) is 3.22. The molecule has 1 spiro atoms. The minimum absolute atomic E-state index is 0.111. The summed E-state index contributed by atoms with van der Waals surface area (Å²) in [5, 5.41) is 3.02. The van der Waals surface area contributed by atoms with E-state index in [1.54, 1.807) is 11.0 Å². The van der Waals surface area contributed by atoms with Crippen molar-refractivity contribution in [2.75, 3.05) is 26.3 Å². The van der Waals surface area contributed by atoms with Crippen molar-refractivity contribution in [2.24, 2.45) is 0 Å². The first-order chi connectivity index (χ1) is 10.7. The van der Waals surface area contributed by atoms with E-state index in [4.69, 9.17) is 9.47 Å². The van der Waals surface area contributed by atoms with Crippen molar-refractivity contribution < 1.29 is 18.7 Å². The largest absolute Gasteiger partial charge is 0.346 e. The highest BCUT2D eigenvalue weighted by Gasteiger charge is 2.45. The van der Waals surface area contributed by atoms with Crippen molar-refractivity contribution in [1.29, 1.82) is 0 Å². The molecule has 0 bridgehead atoms. The van der Waals surface area contributed by atoms with Crippen molar-refractivity contribution in [1.82, 2.24) is 10.2 Å². The topological polar surface area (TPSA) is 50.8 Å². The average molecular weight is 306 g/mol. The molecule has 0 saturated carbocycles. The maximum atomic E-state index is 13.7. The van der Waals surface area contributed by atoms with E-state index in [-0.39, 0.29) is 17.9 Å². The fraction of sp³-hybridized carbons (Fsp3) is 0.562. The van der Waals surface area contributed by atoms with E-state index in [9.17, 15) is 9.18 Å². The summed E-state index contributed by atoms with van der Waals surface area (Å²) < 4.78 is 25.0. The number of urea groups is 1. The molecule has 2 fully saturated rings. The summed E-state index contributed by atoms with van der Waals surface area (Å²) in [6.45, 7) is 2.26. The van der Waals surface area contributed by atoms with Crippen molar-refractivity contribution in [3.8, 4) is 0 Å². The van der Waals surface area contributed by atoms with Crippen LogP contribution >= 0.6 is 0 Å². The quantitative estimate of drug-likeness (QED) is 0.863. The van der Waals surface area contributed by atoms with Gasteiger partial charge in [-0.25, -0.2) is 9.18 Å². The SMILES string of the molecule is O=C(NC1CCc2c(F)cccc21)N1CCC2(C1)OCCO2. The predicted octanol–water partition coefficient (Wildman–Crippen LogP) is 1.97. The number of carbonyl (C=O) groups is 1. The summed E-state index contributed by atoms with van der Waals surface area (Å²) in [5.41, 5.74) is 1.63. The van der Waals surface area contributed by atoms with E-state index in [0.717, 1.165) is 17.5 Å². The molecule has 2 amide bonds. The van der Waals surface area contributed by atoms with Gasteiger partial charge in [-0.15, -0.1) is 0 Å². The minimum Gasteiger partial charge on any atom is -0.346 e. The molecule has 1 N–H and O–H groups in total. The van der Waals surface area contributed by atoms with Crippen LogP contribution in [0.5, 0.6) is 0 Å². The van der Waals surface area contributed by atoms with Crippen molar-refractivity contribution >= 4 is 6.03 Å². The van der Waals surface area contributed by atoms with E-state index in [1.807, 2.05) is 6.07 Å². The fourth-order valence-electron chi connectivity index (χ4n) is 3.66. The number of likely N-dealkylation sites (tertiary alicyclic amines) is 1. The summed E-state index contributed by atoms with van der Waals surface area (Å²) >= 11 is 0. The molecule has 1 unspecified atom stereocenters. The second-order valence-electron chi connectivity index (χ2n) is 6.13. The zero-order chi connectivity index (χ0) is 15.2. The Morgan fingerprint density at radius 1 is 1.36 bits per heavy atom. The minimum atomic E-state index is -0.600. The molecule has 2 saturated heterocycles. The molecular weight excluding hydrogens is 287 g/mol. The van der Waals surface area contributed by atoms with Gasteiger partial charge in [-0.2, -0.15) is 0 Å². The van der Waals surface area contributed by atoms with Gasteiger partial charge < -0.3 is 19.7 Å². The molecule has 1 atom stereocenters. The van der Waals surface area contributed by atoms with Crippen LogP contribution in [0.2, 0.25) is 0 Å². The molecule has 118 valence electrons. The number of hydrogen-bond donors (Lipinski definition) is 1. The van der Waals surface area contributed by atoms with E-state index >= 15 is 0 Å². The van der Waals surface area contributed by atoms with Crippen LogP contribution < -0.4 is 5.32 Å². The highest BCUT2D eigenvalue weighted by Crippen LogP contribution is 2.34. The van der Waals surface area contributed by atoms with Gasteiger partial charge in [-0.3, -0.25) is 0 Å². The maximum absolute atomic E-state index is 13.7. The molecule has 22 heavy (non-hydrogen) atoms. The van der Waals surface area contributed by atoms with Crippen LogP contribution in [0.1, 0.15) is 30.0 Å². The van der Waals surface area contributed by atoms with Crippen LogP contribution in [-0.4, -0.2) is 43.0 Å². The number of carbonyl (C=O) groups excluding carboxylic acids is 1. The Labute approximate surface area is 128 Å². The van der Waals surface area contributed by atoms with Gasteiger partial charge in [-0.05, 0) is 30.0 Å². The van der Waals surface area contributed by atoms with E-state index in [0.29, 0.717) is 39.1 Å². The second kappa shape index (κ2) is 5.21. The molecule has 2 aliphatic heterocycles. The molecule has 6 heteroatoms. The Balaban J connectivity index is 1.43.